The van der Waals surface area contributed by atoms with E-state index in [1.807, 2.05) is 0 Å². The Labute approximate surface area is 108 Å². The van der Waals surface area contributed by atoms with E-state index in [-0.39, 0.29) is 0 Å². The quantitative estimate of drug-likeness (QED) is 0.707. The third kappa shape index (κ3) is 4.72. The number of rotatable bonds is 6. The summed E-state index contributed by atoms with van der Waals surface area (Å²) >= 11 is 3.32. The molecular formula is C11H22BrNO2S. The molecule has 0 N–H and O–H groups in total. The van der Waals surface area contributed by atoms with Crippen LogP contribution in [0.2, 0.25) is 0 Å². The van der Waals surface area contributed by atoms with Crippen molar-refractivity contribution < 1.29 is 8.42 Å². The van der Waals surface area contributed by atoms with Gasteiger partial charge < -0.3 is 0 Å². The van der Waals surface area contributed by atoms with Gasteiger partial charge in [-0.3, -0.25) is 0 Å². The van der Waals surface area contributed by atoms with Gasteiger partial charge in [-0.05, 0) is 25.2 Å². The second kappa shape index (κ2) is 6.97. The van der Waals surface area contributed by atoms with Crippen molar-refractivity contribution in [3.8, 4) is 0 Å². The van der Waals surface area contributed by atoms with Gasteiger partial charge in [-0.2, -0.15) is 0 Å². The summed E-state index contributed by atoms with van der Waals surface area (Å²) in [5.74, 6) is 0.747. The Kier molecular flexibility index (Phi) is 6.29. The molecule has 0 radical (unpaired) electrons. The number of sulfonamides is 1. The van der Waals surface area contributed by atoms with E-state index < -0.39 is 10.0 Å². The Bertz CT molecular complexity index is 286. The molecule has 1 fully saturated rings. The highest BCUT2D eigenvalue weighted by Crippen LogP contribution is 2.25. The highest BCUT2D eigenvalue weighted by atomic mass is 79.9. The maximum Gasteiger partial charge on any atom is 0.214 e. The van der Waals surface area contributed by atoms with E-state index in [2.05, 4.69) is 15.9 Å². The van der Waals surface area contributed by atoms with Crippen molar-refractivity contribution in [1.82, 2.24) is 4.31 Å². The fourth-order valence-electron chi connectivity index (χ4n) is 2.20. The summed E-state index contributed by atoms with van der Waals surface area (Å²) in [5.41, 5.74) is 0. The van der Waals surface area contributed by atoms with E-state index in [4.69, 9.17) is 0 Å². The van der Waals surface area contributed by atoms with Gasteiger partial charge in [0.15, 0.2) is 0 Å². The topological polar surface area (TPSA) is 37.4 Å². The van der Waals surface area contributed by atoms with Crippen LogP contribution in [-0.2, 0) is 10.0 Å². The van der Waals surface area contributed by atoms with Crippen molar-refractivity contribution in [2.75, 3.05) is 24.7 Å². The van der Waals surface area contributed by atoms with Gasteiger partial charge in [0.2, 0.25) is 10.0 Å². The van der Waals surface area contributed by atoms with Crippen LogP contribution in [0, 0.1) is 5.92 Å². The number of hydrogen-bond donors (Lipinski definition) is 0. The first-order valence-electron chi connectivity index (χ1n) is 6.06. The Morgan fingerprint density at radius 3 is 2.44 bits per heavy atom. The molecule has 0 aromatic heterocycles. The highest BCUT2D eigenvalue weighted by Gasteiger charge is 2.24. The van der Waals surface area contributed by atoms with Gasteiger partial charge in [0.25, 0.3) is 0 Å². The maximum atomic E-state index is 12.0. The molecule has 0 aliphatic heterocycles. The summed E-state index contributed by atoms with van der Waals surface area (Å²) in [7, 11) is -1.32. The zero-order chi connectivity index (χ0) is 12.0. The predicted octanol–water partition coefficient (Wildman–Crippen LogP) is 2.61. The normalized spacial score (nSPS) is 19.2. The SMILES string of the molecule is CN(CCCBr)S(=O)(=O)CC1CCCCC1. The van der Waals surface area contributed by atoms with E-state index in [0.29, 0.717) is 18.2 Å². The molecule has 1 aliphatic rings. The molecule has 96 valence electrons. The van der Waals surface area contributed by atoms with Crippen LogP contribution in [0.4, 0.5) is 0 Å². The minimum atomic E-state index is -3.02. The number of hydrogen-bond acceptors (Lipinski definition) is 2. The average Bonchev–Trinajstić information content (AvgIpc) is 2.26. The van der Waals surface area contributed by atoms with Crippen LogP contribution in [0.25, 0.3) is 0 Å². The van der Waals surface area contributed by atoms with Gasteiger partial charge in [0, 0.05) is 18.9 Å². The van der Waals surface area contributed by atoms with Gasteiger partial charge in [0.05, 0.1) is 5.75 Å². The van der Waals surface area contributed by atoms with E-state index in [1.54, 1.807) is 7.05 Å². The van der Waals surface area contributed by atoms with E-state index in [1.165, 1.54) is 23.6 Å². The third-order valence-corrected chi connectivity index (χ3v) is 5.84. The van der Waals surface area contributed by atoms with E-state index in [0.717, 1.165) is 24.6 Å². The molecule has 5 heteroatoms. The first-order valence-corrected chi connectivity index (χ1v) is 8.79. The number of halogens is 1. The lowest BCUT2D eigenvalue weighted by atomic mass is 9.91. The monoisotopic (exact) mass is 311 g/mol. The minimum Gasteiger partial charge on any atom is -0.212 e. The van der Waals surface area contributed by atoms with Gasteiger partial charge in [0.1, 0.15) is 0 Å². The summed E-state index contributed by atoms with van der Waals surface area (Å²) in [4.78, 5) is 0. The molecule has 0 heterocycles. The van der Waals surface area contributed by atoms with Crippen LogP contribution in [0.3, 0.4) is 0 Å². The molecule has 0 unspecified atom stereocenters. The van der Waals surface area contributed by atoms with Crippen LogP contribution in [0.5, 0.6) is 0 Å². The molecule has 0 saturated heterocycles. The molecule has 0 spiro atoms. The molecule has 16 heavy (non-hydrogen) atoms. The predicted molar refractivity (Wildman–Crippen MR) is 71.4 cm³/mol. The molecule has 0 atom stereocenters. The summed E-state index contributed by atoms with van der Waals surface area (Å²) in [5, 5.41) is 0.857. The number of alkyl halides is 1. The Balaban J connectivity index is 2.42. The van der Waals surface area contributed by atoms with Crippen LogP contribution in [-0.4, -0.2) is 37.4 Å². The summed E-state index contributed by atoms with van der Waals surface area (Å²) in [6.07, 6.45) is 6.73. The lowest BCUT2D eigenvalue weighted by Gasteiger charge is -2.24. The molecule has 1 aliphatic carbocycles. The molecule has 0 aromatic rings. The average molecular weight is 312 g/mol. The van der Waals surface area contributed by atoms with Crippen LogP contribution < -0.4 is 0 Å². The zero-order valence-electron chi connectivity index (χ0n) is 9.99. The lowest BCUT2D eigenvalue weighted by molar-refractivity contribution is 0.375. The molecule has 1 saturated carbocycles. The highest BCUT2D eigenvalue weighted by molar-refractivity contribution is 9.09. The molecule has 0 aromatic carbocycles. The molecule has 3 nitrogen and oxygen atoms in total. The van der Waals surface area contributed by atoms with E-state index >= 15 is 0 Å². The van der Waals surface area contributed by atoms with Crippen LogP contribution in [0.15, 0.2) is 0 Å². The van der Waals surface area contributed by atoms with Crippen molar-refractivity contribution in [2.24, 2.45) is 5.92 Å². The second-order valence-corrected chi connectivity index (χ2v) is 7.56. The Morgan fingerprint density at radius 1 is 1.25 bits per heavy atom. The first kappa shape index (κ1) is 14.5. The molecular weight excluding hydrogens is 290 g/mol. The smallest absolute Gasteiger partial charge is 0.212 e. The Morgan fingerprint density at radius 2 is 1.88 bits per heavy atom. The molecule has 0 bridgehead atoms. The van der Waals surface area contributed by atoms with Crippen LogP contribution >= 0.6 is 15.9 Å². The van der Waals surface area contributed by atoms with Gasteiger partial charge in [-0.15, -0.1) is 0 Å². The fraction of sp³-hybridized carbons (Fsp3) is 1.00. The molecule has 1 rings (SSSR count). The molecule has 0 amide bonds. The van der Waals surface area contributed by atoms with Crippen molar-refractivity contribution in [1.29, 1.82) is 0 Å². The minimum absolute atomic E-state index is 0.353. The summed E-state index contributed by atoms with van der Waals surface area (Å²) in [6.45, 7) is 0.625. The van der Waals surface area contributed by atoms with Gasteiger partial charge in [-0.25, -0.2) is 12.7 Å². The summed E-state index contributed by atoms with van der Waals surface area (Å²) in [6, 6.07) is 0. The lowest BCUT2D eigenvalue weighted by Crippen LogP contribution is -2.33. The second-order valence-electron chi connectivity index (χ2n) is 4.65. The zero-order valence-corrected chi connectivity index (χ0v) is 12.4. The van der Waals surface area contributed by atoms with Crippen molar-refractivity contribution in [3.05, 3.63) is 0 Å². The summed E-state index contributed by atoms with van der Waals surface area (Å²) < 4.78 is 25.5. The third-order valence-electron chi connectivity index (χ3n) is 3.25. The standard InChI is InChI=1S/C11H22BrNO2S/c1-13(9-5-8-12)16(14,15)10-11-6-3-2-4-7-11/h11H,2-10H2,1H3. The van der Waals surface area contributed by atoms with Crippen molar-refractivity contribution >= 4 is 26.0 Å². The van der Waals surface area contributed by atoms with Gasteiger partial charge in [-0.1, -0.05) is 35.2 Å². The fourth-order valence-corrected chi connectivity index (χ4v) is 4.04. The maximum absolute atomic E-state index is 12.0. The first-order chi connectivity index (χ1) is 7.56. The van der Waals surface area contributed by atoms with Gasteiger partial charge >= 0.3 is 0 Å². The largest absolute Gasteiger partial charge is 0.214 e. The number of nitrogens with zero attached hydrogens (tertiary/aromatic N) is 1. The van der Waals surface area contributed by atoms with Crippen molar-refractivity contribution in [2.45, 2.75) is 38.5 Å². The van der Waals surface area contributed by atoms with Crippen molar-refractivity contribution in [3.63, 3.8) is 0 Å². The Hall–Kier alpha value is 0.390. The van der Waals surface area contributed by atoms with Crippen LogP contribution in [0.1, 0.15) is 38.5 Å². The van der Waals surface area contributed by atoms with E-state index in [9.17, 15) is 8.42 Å².